The maximum atomic E-state index is 12.8. The lowest BCUT2D eigenvalue weighted by atomic mass is 10.0. The van der Waals surface area contributed by atoms with Crippen LogP contribution in [-0.4, -0.2) is 42.7 Å². The highest BCUT2D eigenvalue weighted by Crippen LogP contribution is 2.40. The lowest BCUT2D eigenvalue weighted by Gasteiger charge is -2.21. The van der Waals surface area contributed by atoms with E-state index in [1.165, 1.54) is 0 Å². The molecule has 0 heterocycles. The molecule has 2 nitrogen and oxygen atoms in total. The summed E-state index contributed by atoms with van der Waals surface area (Å²) in [5.74, 6) is -2.77. The van der Waals surface area contributed by atoms with Crippen LogP contribution in [-0.2, 0) is 0 Å². The standard InChI is InChI=1S/C9H17F2NO/c1-12(2)6-8(13)7-3-4-9(10,11)5-7/h7-8,13H,3-6H2,1-2H3. The fourth-order valence-corrected chi connectivity index (χ4v) is 1.84. The van der Waals surface area contributed by atoms with Crippen molar-refractivity contribution in [1.82, 2.24) is 4.90 Å². The molecule has 0 saturated heterocycles. The number of hydrogen-bond donors (Lipinski definition) is 1. The van der Waals surface area contributed by atoms with Crippen molar-refractivity contribution in [2.45, 2.75) is 31.3 Å². The predicted molar refractivity (Wildman–Crippen MR) is 46.8 cm³/mol. The number of aliphatic hydroxyl groups excluding tert-OH is 1. The third kappa shape index (κ3) is 3.19. The molecule has 0 aromatic heterocycles. The van der Waals surface area contributed by atoms with Gasteiger partial charge in [0.05, 0.1) is 6.10 Å². The van der Waals surface area contributed by atoms with Gasteiger partial charge in [0.1, 0.15) is 0 Å². The van der Waals surface area contributed by atoms with Gasteiger partial charge in [0.15, 0.2) is 0 Å². The van der Waals surface area contributed by atoms with E-state index in [0.717, 1.165) is 0 Å². The van der Waals surface area contributed by atoms with Gasteiger partial charge in [-0.05, 0) is 26.4 Å². The highest BCUT2D eigenvalue weighted by molar-refractivity contribution is 4.85. The van der Waals surface area contributed by atoms with Crippen LogP contribution in [0.1, 0.15) is 19.3 Å². The van der Waals surface area contributed by atoms with E-state index in [1.54, 1.807) is 0 Å². The molecule has 0 amide bonds. The molecule has 0 aromatic carbocycles. The monoisotopic (exact) mass is 193 g/mol. The van der Waals surface area contributed by atoms with Crippen LogP contribution in [0.25, 0.3) is 0 Å². The minimum Gasteiger partial charge on any atom is -0.392 e. The molecule has 2 atom stereocenters. The first kappa shape index (κ1) is 10.9. The van der Waals surface area contributed by atoms with Gasteiger partial charge in [0, 0.05) is 19.4 Å². The van der Waals surface area contributed by atoms with Crippen molar-refractivity contribution in [3.05, 3.63) is 0 Å². The van der Waals surface area contributed by atoms with Gasteiger partial charge >= 0.3 is 0 Å². The van der Waals surface area contributed by atoms with Gasteiger partial charge in [-0.3, -0.25) is 0 Å². The van der Waals surface area contributed by atoms with E-state index in [9.17, 15) is 13.9 Å². The fraction of sp³-hybridized carbons (Fsp3) is 1.00. The second-order valence-electron chi connectivity index (χ2n) is 4.19. The summed E-state index contributed by atoms with van der Waals surface area (Å²) in [6, 6.07) is 0. The summed E-state index contributed by atoms with van der Waals surface area (Å²) in [5, 5.41) is 9.58. The zero-order valence-corrected chi connectivity index (χ0v) is 8.13. The topological polar surface area (TPSA) is 23.5 Å². The molecule has 13 heavy (non-hydrogen) atoms. The van der Waals surface area contributed by atoms with Gasteiger partial charge < -0.3 is 10.0 Å². The Labute approximate surface area is 77.5 Å². The van der Waals surface area contributed by atoms with E-state index in [1.807, 2.05) is 19.0 Å². The minimum absolute atomic E-state index is 0.0673. The number of alkyl halides is 2. The summed E-state index contributed by atoms with van der Waals surface area (Å²) in [6.07, 6.45) is -0.380. The molecule has 1 aliphatic rings. The number of nitrogens with zero attached hydrogens (tertiary/aromatic N) is 1. The molecule has 0 bridgehead atoms. The SMILES string of the molecule is CN(C)CC(O)C1CCC(F)(F)C1. The Kier molecular flexibility index (Phi) is 3.24. The minimum atomic E-state index is -2.54. The zero-order chi connectivity index (χ0) is 10.1. The molecule has 1 N–H and O–H groups in total. The van der Waals surface area contributed by atoms with Gasteiger partial charge in [-0.25, -0.2) is 8.78 Å². The first-order valence-electron chi connectivity index (χ1n) is 4.61. The third-order valence-corrected chi connectivity index (χ3v) is 2.54. The Morgan fingerprint density at radius 2 is 2.15 bits per heavy atom. The van der Waals surface area contributed by atoms with E-state index < -0.39 is 12.0 Å². The highest BCUT2D eigenvalue weighted by atomic mass is 19.3. The highest BCUT2D eigenvalue weighted by Gasteiger charge is 2.42. The molecule has 1 rings (SSSR count). The van der Waals surface area contributed by atoms with Gasteiger partial charge in [-0.2, -0.15) is 0 Å². The molecule has 0 aromatic rings. The van der Waals surface area contributed by atoms with Crippen molar-refractivity contribution in [2.24, 2.45) is 5.92 Å². The van der Waals surface area contributed by atoms with Gasteiger partial charge in [0.25, 0.3) is 0 Å². The smallest absolute Gasteiger partial charge is 0.248 e. The molecule has 1 fully saturated rings. The van der Waals surface area contributed by atoms with E-state index in [2.05, 4.69) is 0 Å². The Balaban J connectivity index is 2.37. The molecule has 0 spiro atoms. The maximum absolute atomic E-state index is 12.8. The molecule has 1 aliphatic carbocycles. The van der Waals surface area contributed by atoms with Crippen LogP contribution in [0.5, 0.6) is 0 Å². The van der Waals surface area contributed by atoms with Crippen molar-refractivity contribution < 1.29 is 13.9 Å². The molecular weight excluding hydrogens is 176 g/mol. The summed E-state index contributed by atoms with van der Waals surface area (Å²) >= 11 is 0. The van der Waals surface area contributed by atoms with E-state index in [0.29, 0.717) is 13.0 Å². The van der Waals surface area contributed by atoms with Crippen LogP contribution < -0.4 is 0 Å². The number of likely N-dealkylation sites (N-methyl/N-ethyl adjacent to an activating group) is 1. The molecule has 4 heteroatoms. The van der Waals surface area contributed by atoms with Crippen LogP contribution in [0.3, 0.4) is 0 Å². The summed E-state index contributed by atoms with van der Waals surface area (Å²) in [7, 11) is 3.66. The van der Waals surface area contributed by atoms with Crippen LogP contribution in [0.2, 0.25) is 0 Å². The van der Waals surface area contributed by atoms with Crippen molar-refractivity contribution in [1.29, 1.82) is 0 Å². The Morgan fingerprint density at radius 3 is 2.54 bits per heavy atom. The van der Waals surface area contributed by atoms with Gasteiger partial charge in [-0.1, -0.05) is 0 Å². The van der Waals surface area contributed by atoms with Gasteiger partial charge in [-0.15, -0.1) is 0 Å². The van der Waals surface area contributed by atoms with E-state index in [4.69, 9.17) is 0 Å². The summed E-state index contributed by atoms with van der Waals surface area (Å²) in [4.78, 5) is 1.82. The zero-order valence-electron chi connectivity index (χ0n) is 8.13. The number of aliphatic hydroxyl groups is 1. The molecule has 2 unspecified atom stereocenters. The Hall–Kier alpha value is -0.220. The number of halogens is 2. The normalized spacial score (nSPS) is 29.5. The van der Waals surface area contributed by atoms with Crippen molar-refractivity contribution >= 4 is 0 Å². The maximum Gasteiger partial charge on any atom is 0.248 e. The quantitative estimate of drug-likeness (QED) is 0.731. The molecule has 0 radical (unpaired) electrons. The van der Waals surface area contributed by atoms with Crippen LogP contribution in [0, 0.1) is 5.92 Å². The van der Waals surface area contributed by atoms with Crippen molar-refractivity contribution in [3.8, 4) is 0 Å². The second kappa shape index (κ2) is 3.88. The fourth-order valence-electron chi connectivity index (χ4n) is 1.84. The lowest BCUT2D eigenvalue weighted by molar-refractivity contribution is -0.00724. The summed E-state index contributed by atoms with van der Waals surface area (Å²) in [5.41, 5.74) is 0. The van der Waals surface area contributed by atoms with Crippen LogP contribution in [0.15, 0.2) is 0 Å². The van der Waals surface area contributed by atoms with Crippen LogP contribution >= 0.6 is 0 Å². The Morgan fingerprint density at radius 1 is 1.54 bits per heavy atom. The predicted octanol–water partition coefficient (Wildman–Crippen LogP) is 1.34. The first-order valence-corrected chi connectivity index (χ1v) is 4.61. The van der Waals surface area contributed by atoms with Crippen molar-refractivity contribution in [2.75, 3.05) is 20.6 Å². The average molecular weight is 193 g/mol. The molecule has 0 aliphatic heterocycles. The first-order chi connectivity index (χ1) is 5.91. The van der Waals surface area contributed by atoms with Crippen LogP contribution in [0.4, 0.5) is 8.78 Å². The van der Waals surface area contributed by atoms with E-state index >= 15 is 0 Å². The second-order valence-corrected chi connectivity index (χ2v) is 4.19. The third-order valence-electron chi connectivity index (χ3n) is 2.54. The van der Waals surface area contributed by atoms with Gasteiger partial charge in [0.2, 0.25) is 5.92 Å². The molecule has 78 valence electrons. The largest absolute Gasteiger partial charge is 0.392 e. The summed E-state index contributed by atoms with van der Waals surface area (Å²) in [6.45, 7) is 0.473. The lowest BCUT2D eigenvalue weighted by Crippen LogP contribution is -2.31. The number of rotatable bonds is 3. The molecule has 1 saturated carbocycles. The van der Waals surface area contributed by atoms with Crippen molar-refractivity contribution in [3.63, 3.8) is 0 Å². The Bertz CT molecular complexity index is 173. The van der Waals surface area contributed by atoms with E-state index in [-0.39, 0.29) is 18.8 Å². The summed E-state index contributed by atoms with van der Waals surface area (Å²) < 4.78 is 25.5. The average Bonchev–Trinajstić information content (AvgIpc) is 2.28. The molecular formula is C9H17F2NO. The number of hydrogen-bond acceptors (Lipinski definition) is 2.